The van der Waals surface area contributed by atoms with E-state index < -0.39 is 5.97 Å². The molecule has 0 aliphatic carbocycles. The summed E-state index contributed by atoms with van der Waals surface area (Å²) in [6.07, 6.45) is 2.36. The van der Waals surface area contributed by atoms with Crippen molar-refractivity contribution in [3.05, 3.63) is 35.9 Å². The van der Waals surface area contributed by atoms with Crippen LogP contribution in [0.1, 0.15) is 23.2 Å². The standard InChI is InChI=1S/C16H18N2O3/c1-21-13-6-8-18(9-7-13)15-5-3-11-10-12(16(19)20)2-4-14(11)17-15/h2-5,10,13H,6-9H2,1H3,(H,19,20). The Hall–Kier alpha value is -2.14. The summed E-state index contributed by atoms with van der Waals surface area (Å²) in [4.78, 5) is 17.9. The number of nitrogens with zero attached hydrogens (tertiary/aromatic N) is 2. The third-order valence-electron chi connectivity index (χ3n) is 4.02. The lowest BCUT2D eigenvalue weighted by Crippen LogP contribution is -2.37. The first-order valence-corrected chi connectivity index (χ1v) is 7.09. The van der Waals surface area contributed by atoms with Crippen molar-refractivity contribution in [3.63, 3.8) is 0 Å². The Morgan fingerprint density at radius 3 is 2.71 bits per heavy atom. The minimum absolute atomic E-state index is 0.290. The fourth-order valence-electron chi connectivity index (χ4n) is 2.74. The SMILES string of the molecule is COC1CCN(c2ccc3cc(C(=O)O)ccc3n2)CC1. The average molecular weight is 286 g/mol. The molecule has 1 fully saturated rings. The number of carboxylic acids is 1. The van der Waals surface area contributed by atoms with Gasteiger partial charge in [0.1, 0.15) is 5.82 Å². The van der Waals surface area contributed by atoms with Crippen LogP contribution in [-0.2, 0) is 4.74 Å². The predicted octanol–water partition coefficient (Wildman–Crippen LogP) is 2.55. The second-order valence-electron chi connectivity index (χ2n) is 5.30. The quantitative estimate of drug-likeness (QED) is 0.939. The van der Waals surface area contributed by atoms with Gasteiger partial charge >= 0.3 is 5.97 Å². The molecule has 0 radical (unpaired) electrons. The number of carboxylic acid groups (broad SMARTS) is 1. The number of carbonyl (C=O) groups is 1. The number of aromatic nitrogens is 1. The largest absolute Gasteiger partial charge is 0.478 e. The van der Waals surface area contributed by atoms with Gasteiger partial charge in [-0.15, -0.1) is 0 Å². The number of benzene rings is 1. The summed E-state index contributed by atoms with van der Waals surface area (Å²) in [5.41, 5.74) is 1.12. The number of pyridine rings is 1. The molecule has 1 aromatic heterocycles. The zero-order valence-electron chi connectivity index (χ0n) is 12.0. The van der Waals surface area contributed by atoms with Gasteiger partial charge in [-0.25, -0.2) is 9.78 Å². The van der Waals surface area contributed by atoms with Crippen LogP contribution in [0.2, 0.25) is 0 Å². The molecule has 5 heteroatoms. The fraction of sp³-hybridized carbons (Fsp3) is 0.375. The van der Waals surface area contributed by atoms with Crippen molar-refractivity contribution in [1.82, 2.24) is 4.98 Å². The first kappa shape index (κ1) is 13.8. The number of rotatable bonds is 3. The minimum atomic E-state index is -0.914. The second-order valence-corrected chi connectivity index (χ2v) is 5.30. The van der Waals surface area contributed by atoms with Crippen molar-refractivity contribution in [2.75, 3.05) is 25.1 Å². The Bertz CT molecular complexity index is 664. The van der Waals surface area contributed by atoms with Gasteiger partial charge < -0.3 is 14.7 Å². The maximum absolute atomic E-state index is 11.0. The van der Waals surface area contributed by atoms with E-state index in [1.807, 2.05) is 12.1 Å². The van der Waals surface area contributed by atoms with E-state index in [0.717, 1.165) is 42.7 Å². The summed E-state index contributed by atoms with van der Waals surface area (Å²) in [7, 11) is 1.76. The first-order chi connectivity index (χ1) is 10.2. The van der Waals surface area contributed by atoms with E-state index >= 15 is 0 Å². The van der Waals surface area contributed by atoms with E-state index in [1.54, 1.807) is 25.3 Å². The number of hydrogen-bond acceptors (Lipinski definition) is 4. The average Bonchev–Trinajstić information content (AvgIpc) is 2.54. The predicted molar refractivity (Wildman–Crippen MR) is 80.9 cm³/mol. The van der Waals surface area contributed by atoms with Gasteiger partial charge in [0, 0.05) is 25.6 Å². The van der Waals surface area contributed by atoms with Crippen molar-refractivity contribution >= 4 is 22.7 Å². The van der Waals surface area contributed by atoms with Crippen LogP contribution in [0.25, 0.3) is 10.9 Å². The molecule has 0 spiro atoms. The Balaban J connectivity index is 1.85. The van der Waals surface area contributed by atoms with E-state index in [-0.39, 0.29) is 5.56 Å². The van der Waals surface area contributed by atoms with Gasteiger partial charge in [0.2, 0.25) is 0 Å². The molecular formula is C16H18N2O3. The van der Waals surface area contributed by atoms with Crippen molar-refractivity contribution < 1.29 is 14.6 Å². The zero-order valence-corrected chi connectivity index (χ0v) is 12.0. The number of fused-ring (bicyclic) bond motifs is 1. The molecule has 0 unspecified atom stereocenters. The molecular weight excluding hydrogens is 268 g/mol. The highest BCUT2D eigenvalue weighted by molar-refractivity contribution is 5.93. The number of anilines is 1. The molecule has 5 nitrogen and oxygen atoms in total. The highest BCUT2D eigenvalue weighted by Crippen LogP contribution is 2.23. The van der Waals surface area contributed by atoms with Gasteiger partial charge in [-0.1, -0.05) is 0 Å². The molecule has 1 aliphatic rings. The molecule has 1 aliphatic heterocycles. The van der Waals surface area contributed by atoms with Gasteiger partial charge in [-0.3, -0.25) is 0 Å². The molecule has 0 bridgehead atoms. The van der Waals surface area contributed by atoms with Crippen LogP contribution < -0.4 is 4.90 Å². The van der Waals surface area contributed by atoms with Gasteiger partial charge in [-0.05, 0) is 43.2 Å². The Morgan fingerprint density at radius 1 is 1.29 bits per heavy atom. The summed E-state index contributed by atoms with van der Waals surface area (Å²) < 4.78 is 5.38. The minimum Gasteiger partial charge on any atom is -0.478 e. The van der Waals surface area contributed by atoms with Gasteiger partial charge in [0.05, 0.1) is 17.2 Å². The van der Waals surface area contributed by atoms with Crippen LogP contribution in [0.3, 0.4) is 0 Å². The van der Waals surface area contributed by atoms with E-state index in [4.69, 9.17) is 9.84 Å². The highest BCUT2D eigenvalue weighted by Gasteiger charge is 2.19. The molecule has 110 valence electrons. The lowest BCUT2D eigenvalue weighted by molar-refractivity contribution is 0.0697. The zero-order chi connectivity index (χ0) is 14.8. The molecule has 21 heavy (non-hydrogen) atoms. The molecule has 0 atom stereocenters. The first-order valence-electron chi connectivity index (χ1n) is 7.09. The normalized spacial score (nSPS) is 16.3. The monoisotopic (exact) mass is 286 g/mol. The van der Waals surface area contributed by atoms with Crippen LogP contribution in [0.4, 0.5) is 5.82 Å². The number of hydrogen-bond donors (Lipinski definition) is 1. The van der Waals surface area contributed by atoms with Crippen LogP contribution in [-0.4, -0.2) is 42.4 Å². The summed E-state index contributed by atoms with van der Waals surface area (Å²) >= 11 is 0. The van der Waals surface area contributed by atoms with Crippen molar-refractivity contribution in [3.8, 4) is 0 Å². The molecule has 2 heterocycles. The number of methoxy groups -OCH3 is 1. The van der Waals surface area contributed by atoms with Gasteiger partial charge in [0.25, 0.3) is 0 Å². The Kier molecular flexibility index (Phi) is 3.75. The van der Waals surface area contributed by atoms with Crippen LogP contribution >= 0.6 is 0 Å². The van der Waals surface area contributed by atoms with E-state index in [1.165, 1.54) is 0 Å². The van der Waals surface area contributed by atoms with Crippen LogP contribution in [0, 0.1) is 0 Å². The fourth-order valence-corrected chi connectivity index (χ4v) is 2.74. The second kappa shape index (κ2) is 5.69. The Morgan fingerprint density at radius 2 is 2.05 bits per heavy atom. The third-order valence-corrected chi connectivity index (χ3v) is 4.02. The lowest BCUT2D eigenvalue weighted by atomic mass is 10.1. The summed E-state index contributed by atoms with van der Waals surface area (Å²) in [6, 6.07) is 8.92. The smallest absolute Gasteiger partial charge is 0.335 e. The van der Waals surface area contributed by atoms with E-state index in [2.05, 4.69) is 9.88 Å². The molecule has 3 rings (SSSR count). The highest BCUT2D eigenvalue weighted by atomic mass is 16.5. The molecule has 1 aromatic carbocycles. The summed E-state index contributed by atoms with van der Waals surface area (Å²) in [6.45, 7) is 1.87. The van der Waals surface area contributed by atoms with Crippen molar-refractivity contribution in [2.45, 2.75) is 18.9 Å². The third kappa shape index (κ3) is 2.83. The van der Waals surface area contributed by atoms with Gasteiger partial charge in [0.15, 0.2) is 0 Å². The van der Waals surface area contributed by atoms with E-state index in [9.17, 15) is 4.79 Å². The number of ether oxygens (including phenoxy) is 1. The van der Waals surface area contributed by atoms with Crippen LogP contribution in [0.5, 0.6) is 0 Å². The van der Waals surface area contributed by atoms with Crippen LogP contribution in [0.15, 0.2) is 30.3 Å². The topological polar surface area (TPSA) is 62.7 Å². The molecule has 0 amide bonds. The lowest BCUT2D eigenvalue weighted by Gasteiger charge is -2.32. The number of aromatic carboxylic acids is 1. The molecule has 1 N–H and O–H groups in total. The van der Waals surface area contributed by atoms with E-state index in [0.29, 0.717) is 6.10 Å². The summed E-state index contributed by atoms with van der Waals surface area (Å²) in [5, 5.41) is 9.86. The van der Waals surface area contributed by atoms with Crippen molar-refractivity contribution in [2.24, 2.45) is 0 Å². The van der Waals surface area contributed by atoms with Crippen molar-refractivity contribution in [1.29, 1.82) is 0 Å². The van der Waals surface area contributed by atoms with Gasteiger partial charge in [-0.2, -0.15) is 0 Å². The molecule has 1 saturated heterocycles. The maximum atomic E-state index is 11.0. The maximum Gasteiger partial charge on any atom is 0.335 e. The molecule has 2 aromatic rings. The number of piperidine rings is 1. The molecule has 0 saturated carbocycles. The summed E-state index contributed by atoms with van der Waals surface area (Å²) in [5.74, 6) is 0.0303. The Labute approximate surface area is 123 Å².